The molecule has 24 heavy (non-hydrogen) atoms. The molecule has 1 N–H and O–H groups in total. The van der Waals surface area contributed by atoms with Gasteiger partial charge in [-0.1, -0.05) is 56.3 Å². The minimum atomic E-state index is -0.294. The van der Waals surface area contributed by atoms with Crippen LogP contribution in [0.15, 0.2) is 54.6 Å². The molecule has 0 saturated heterocycles. The Balaban J connectivity index is 2.31. The molecule has 1 heterocycles. The lowest BCUT2D eigenvalue weighted by Crippen LogP contribution is -2.01. The minimum Gasteiger partial charge on any atom is -0.505 e. The first kappa shape index (κ1) is 16.2. The van der Waals surface area contributed by atoms with Crippen molar-refractivity contribution in [3.8, 4) is 28.1 Å². The van der Waals surface area contributed by atoms with Gasteiger partial charge in [0.2, 0.25) is 0 Å². The van der Waals surface area contributed by atoms with E-state index < -0.39 is 0 Å². The third-order valence-corrected chi connectivity index (χ3v) is 4.17. The third kappa shape index (κ3) is 2.90. The molecule has 0 unspecified atom stereocenters. The molecule has 3 aromatic rings. The van der Waals surface area contributed by atoms with Crippen LogP contribution in [0.4, 0.5) is 4.39 Å². The molecule has 0 aliphatic heterocycles. The number of pyridine rings is 1. The van der Waals surface area contributed by atoms with Gasteiger partial charge in [0.05, 0.1) is 11.4 Å². The zero-order valence-electron chi connectivity index (χ0n) is 14.0. The quantitative estimate of drug-likeness (QED) is 0.672. The Labute approximate surface area is 141 Å². The zero-order chi connectivity index (χ0) is 17.3. The number of hydrogen-bond acceptors (Lipinski definition) is 2. The normalized spacial score (nSPS) is 11.0. The summed E-state index contributed by atoms with van der Waals surface area (Å²) in [6, 6.07) is 16.1. The maximum absolute atomic E-state index is 13.3. The third-order valence-electron chi connectivity index (χ3n) is 4.17. The summed E-state index contributed by atoms with van der Waals surface area (Å²) in [7, 11) is 0. The molecule has 0 spiro atoms. The molecule has 0 aliphatic carbocycles. The van der Waals surface area contributed by atoms with Gasteiger partial charge in [-0.15, -0.1) is 0 Å². The number of benzene rings is 2. The van der Waals surface area contributed by atoms with Crippen LogP contribution in [0.2, 0.25) is 0 Å². The van der Waals surface area contributed by atoms with E-state index in [4.69, 9.17) is 4.98 Å². The average molecular weight is 321 g/mol. The van der Waals surface area contributed by atoms with Crippen molar-refractivity contribution in [2.45, 2.75) is 26.7 Å². The van der Waals surface area contributed by atoms with E-state index in [2.05, 4.69) is 0 Å². The van der Waals surface area contributed by atoms with Crippen molar-refractivity contribution in [3.63, 3.8) is 0 Å². The van der Waals surface area contributed by atoms with Crippen molar-refractivity contribution in [3.05, 3.63) is 71.7 Å². The van der Waals surface area contributed by atoms with Crippen LogP contribution in [0.1, 0.15) is 31.0 Å². The lowest BCUT2D eigenvalue weighted by molar-refractivity contribution is 0.462. The number of aromatic nitrogens is 1. The average Bonchev–Trinajstić information content (AvgIpc) is 2.57. The van der Waals surface area contributed by atoms with E-state index in [1.165, 1.54) is 12.1 Å². The van der Waals surface area contributed by atoms with E-state index in [1.807, 2.05) is 51.1 Å². The second kappa shape index (κ2) is 6.44. The van der Waals surface area contributed by atoms with Gasteiger partial charge in [0, 0.05) is 11.1 Å². The lowest BCUT2D eigenvalue weighted by atomic mass is 9.92. The highest BCUT2D eigenvalue weighted by Gasteiger charge is 2.20. The zero-order valence-corrected chi connectivity index (χ0v) is 14.0. The molecule has 0 aliphatic rings. The molecule has 0 atom stereocenters. The Morgan fingerprint density at radius 3 is 2.12 bits per heavy atom. The first-order valence-corrected chi connectivity index (χ1v) is 8.04. The van der Waals surface area contributed by atoms with Gasteiger partial charge in [0.15, 0.2) is 0 Å². The molecule has 0 fully saturated rings. The fourth-order valence-corrected chi connectivity index (χ4v) is 2.93. The molecule has 3 rings (SSSR count). The van der Waals surface area contributed by atoms with Gasteiger partial charge in [0.1, 0.15) is 11.6 Å². The Hall–Kier alpha value is -2.68. The van der Waals surface area contributed by atoms with Crippen molar-refractivity contribution in [1.29, 1.82) is 0 Å². The number of halogens is 1. The van der Waals surface area contributed by atoms with Gasteiger partial charge < -0.3 is 5.11 Å². The van der Waals surface area contributed by atoms with Crippen LogP contribution < -0.4 is 0 Å². The monoisotopic (exact) mass is 321 g/mol. The maximum Gasteiger partial charge on any atom is 0.145 e. The van der Waals surface area contributed by atoms with Crippen LogP contribution in [0.25, 0.3) is 22.4 Å². The van der Waals surface area contributed by atoms with Crippen LogP contribution in [0, 0.1) is 12.7 Å². The number of nitrogens with zero attached hydrogens (tertiary/aromatic N) is 1. The highest BCUT2D eigenvalue weighted by Crippen LogP contribution is 2.41. The summed E-state index contributed by atoms with van der Waals surface area (Å²) in [5, 5.41) is 10.8. The highest BCUT2D eigenvalue weighted by molar-refractivity contribution is 5.81. The van der Waals surface area contributed by atoms with Crippen LogP contribution >= 0.6 is 0 Å². The molecule has 0 amide bonds. The molecule has 3 heteroatoms. The van der Waals surface area contributed by atoms with Gasteiger partial charge in [-0.2, -0.15) is 0 Å². The lowest BCUT2D eigenvalue weighted by Gasteiger charge is -2.18. The van der Waals surface area contributed by atoms with Gasteiger partial charge in [0.25, 0.3) is 0 Å². The Morgan fingerprint density at radius 2 is 1.54 bits per heavy atom. The number of hydrogen-bond donors (Lipinski definition) is 1. The van der Waals surface area contributed by atoms with Crippen molar-refractivity contribution in [2.75, 3.05) is 0 Å². The number of rotatable bonds is 3. The molecular weight excluding hydrogens is 301 g/mol. The molecule has 122 valence electrons. The topological polar surface area (TPSA) is 33.1 Å². The van der Waals surface area contributed by atoms with Crippen molar-refractivity contribution >= 4 is 0 Å². The van der Waals surface area contributed by atoms with Gasteiger partial charge in [-0.3, -0.25) is 0 Å². The van der Waals surface area contributed by atoms with E-state index in [0.717, 1.165) is 22.4 Å². The summed E-state index contributed by atoms with van der Waals surface area (Å²) in [6.45, 7) is 5.94. The van der Waals surface area contributed by atoms with Crippen molar-refractivity contribution in [2.24, 2.45) is 0 Å². The van der Waals surface area contributed by atoms with Crippen LogP contribution in [0.3, 0.4) is 0 Å². The standard InChI is InChI=1S/C21H20FNO/c1-13(2)19-21(24)18(15-9-11-17(22)12-10-15)14(3)20(23-19)16-7-5-4-6-8-16/h4-13,24H,1-3H3. The van der Waals surface area contributed by atoms with Gasteiger partial charge in [-0.05, 0) is 36.1 Å². The molecule has 1 aromatic heterocycles. The Kier molecular flexibility index (Phi) is 4.34. The molecule has 2 nitrogen and oxygen atoms in total. The molecule has 0 radical (unpaired) electrons. The predicted molar refractivity (Wildman–Crippen MR) is 95.6 cm³/mol. The maximum atomic E-state index is 13.3. The summed E-state index contributed by atoms with van der Waals surface area (Å²) in [6.07, 6.45) is 0. The SMILES string of the molecule is Cc1c(-c2ccccc2)nc(C(C)C)c(O)c1-c1ccc(F)cc1. The summed E-state index contributed by atoms with van der Waals surface area (Å²) < 4.78 is 13.3. The molecule has 0 saturated carbocycles. The summed E-state index contributed by atoms with van der Waals surface area (Å²) >= 11 is 0. The smallest absolute Gasteiger partial charge is 0.145 e. The largest absolute Gasteiger partial charge is 0.505 e. The fraction of sp³-hybridized carbons (Fsp3) is 0.190. The number of aromatic hydroxyl groups is 1. The summed E-state index contributed by atoms with van der Waals surface area (Å²) in [4.78, 5) is 4.72. The Bertz CT molecular complexity index is 855. The van der Waals surface area contributed by atoms with E-state index >= 15 is 0 Å². The van der Waals surface area contributed by atoms with Crippen LogP contribution in [0.5, 0.6) is 5.75 Å². The first-order valence-electron chi connectivity index (χ1n) is 8.04. The van der Waals surface area contributed by atoms with Crippen LogP contribution in [-0.2, 0) is 0 Å². The van der Waals surface area contributed by atoms with Gasteiger partial charge in [-0.25, -0.2) is 9.37 Å². The van der Waals surface area contributed by atoms with Crippen molar-refractivity contribution < 1.29 is 9.50 Å². The van der Waals surface area contributed by atoms with Crippen molar-refractivity contribution in [1.82, 2.24) is 4.98 Å². The molecule has 0 bridgehead atoms. The van der Waals surface area contributed by atoms with E-state index in [1.54, 1.807) is 12.1 Å². The Morgan fingerprint density at radius 1 is 0.917 bits per heavy atom. The fourth-order valence-electron chi connectivity index (χ4n) is 2.93. The van der Waals surface area contributed by atoms with E-state index in [0.29, 0.717) is 11.3 Å². The van der Waals surface area contributed by atoms with Crippen LogP contribution in [-0.4, -0.2) is 10.1 Å². The van der Waals surface area contributed by atoms with Gasteiger partial charge >= 0.3 is 0 Å². The molecular formula is C21H20FNO. The van der Waals surface area contributed by atoms with E-state index in [9.17, 15) is 9.50 Å². The van der Waals surface area contributed by atoms with E-state index in [-0.39, 0.29) is 17.5 Å². The summed E-state index contributed by atoms with van der Waals surface area (Å²) in [5.41, 5.74) is 4.88. The second-order valence-electron chi connectivity index (χ2n) is 6.22. The first-order chi connectivity index (χ1) is 11.5. The summed E-state index contributed by atoms with van der Waals surface area (Å²) in [5.74, 6) is -0.0432. The predicted octanol–water partition coefficient (Wildman–Crippen LogP) is 5.69. The minimum absolute atomic E-state index is 0.0762. The molecule has 2 aromatic carbocycles. The highest BCUT2D eigenvalue weighted by atomic mass is 19.1. The second-order valence-corrected chi connectivity index (χ2v) is 6.22.